The Bertz CT molecular complexity index is 1570. The zero-order chi connectivity index (χ0) is 30.9. The predicted octanol–water partition coefficient (Wildman–Crippen LogP) is 4.71. The highest BCUT2D eigenvalue weighted by atomic mass is 19.1. The predicted molar refractivity (Wildman–Crippen MR) is 156 cm³/mol. The molecule has 1 saturated heterocycles. The van der Waals surface area contributed by atoms with E-state index in [-0.39, 0.29) is 28.4 Å². The largest absolute Gasteiger partial charge is 0.493 e. The van der Waals surface area contributed by atoms with E-state index in [1.807, 2.05) is 6.92 Å². The fraction of sp³-hybridized carbons (Fsp3) is 0.226. The van der Waals surface area contributed by atoms with Gasteiger partial charge in [0, 0.05) is 6.07 Å². The van der Waals surface area contributed by atoms with E-state index in [4.69, 9.17) is 18.9 Å². The summed E-state index contributed by atoms with van der Waals surface area (Å²) in [5, 5.41) is 4.60. The standard InChI is InChI=1S/C31H30FN3O8/c1-4-14-42-25-13-11-20(17-27(25)41-5-2)35-30(38)21(29(37)34-31(35)39)15-19-10-12-24(26(16-19)40-3)43-18-28(36)33-23-9-7-6-8-22(23)32/h6-13,15-17H,4-5,14,18H2,1-3H3,(H,33,36)(H,34,37,39)/b21-15+. The normalized spacial score (nSPS) is 13.9. The smallest absolute Gasteiger partial charge is 0.335 e. The summed E-state index contributed by atoms with van der Waals surface area (Å²) in [4.78, 5) is 51.9. The lowest BCUT2D eigenvalue weighted by Crippen LogP contribution is -2.54. The van der Waals surface area contributed by atoms with E-state index in [1.165, 1.54) is 61.7 Å². The Balaban J connectivity index is 1.54. The molecule has 1 aliphatic rings. The number of carbonyl (C=O) groups is 4. The van der Waals surface area contributed by atoms with Crippen LogP contribution in [0.25, 0.3) is 6.08 Å². The molecule has 1 heterocycles. The highest BCUT2D eigenvalue weighted by Gasteiger charge is 2.37. The SMILES string of the molecule is CCCOc1ccc(N2C(=O)NC(=O)/C(=C\c3ccc(OCC(=O)Nc4ccccc4F)c(OC)c3)C2=O)cc1OCC. The van der Waals surface area contributed by atoms with Crippen molar-refractivity contribution in [3.8, 4) is 23.0 Å². The van der Waals surface area contributed by atoms with Gasteiger partial charge in [-0.05, 0) is 61.4 Å². The maximum Gasteiger partial charge on any atom is 0.335 e. The number of hydrogen-bond donors (Lipinski definition) is 2. The number of amides is 5. The fourth-order valence-electron chi connectivity index (χ4n) is 4.08. The monoisotopic (exact) mass is 591 g/mol. The first-order chi connectivity index (χ1) is 20.7. The van der Waals surface area contributed by atoms with Gasteiger partial charge in [-0.2, -0.15) is 0 Å². The summed E-state index contributed by atoms with van der Waals surface area (Å²) in [6.45, 7) is 4.10. The molecule has 0 aromatic heterocycles. The maximum absolute atomic E-state index is 13.8. The summed E-state index contributed by atoms with van der Waals surface area (Å²) in [7, 11) is 1.38. The Morgan fingerprint density at radius 2 is 1.67 bits per heavy atom. The number of hydrogen-bond acceptors (Lipinski definition) is 8. The molecule has 12 heteroatoms. The Kier molecular flexibility index (Phi) is 9.94. The van der Waals surface area contributed by atoms with Crippen molar-refractivity contribution >= 4 is 41.2 Å². The van der Waals surface area contributed by atoms with E-state index in [1.54, 1.807) is 19.1 Å². The molecule has 0 atom stereocenters. The van der Waals surface area contributed by atoms with Gasteiger partial charge in [-0.25, -0.2) is 14.1 Å². The minimum Gasteiger partial charge on any atom is -0.493 e. The van der Waals surface area contributed by atoms with Gasteiger partial charge in [-0.15, -0.1) is 0 Å². The van der Waals surface area contributed by atoms with Crippen molar-refractivity contribution in [2.75, 3.05) is 37.1 Å². The molecule has 0 radical (unpaired) electrons. The lowest BCUT2D eigenvalue weighted by atomic mass is 10.1. The third-order valence-corrected chi connectivity index (χ3v) is 6.05. The van der Waals surface area contributed by atoms with Gasteiger partial charge in [0.25, 0.3) is 17.7 Å². The summed E-state index contributed by atoms with van der Waals surface area (Å²) >= 11 is 0. The minimum absolute atomic E-state index is 0.0165. The van der Waals surface area contributed by atoms with Gasteiger partial charge in [0.05, 0.1) is 31.7 Å². The topological polar surface area (TPSA) is 132 Å². The molecule has 0 aliphatic carbocycles. The van der Waals surface area contributed by atoms with Gasteiger partial charge >= 0.3 is 6.03 Å². The zero-order valence-corrected chi connectivity index (χ0v) is 23.8. The number of urea groups is 1. The van der Waals surface area contributed by atoms with E-state index in [0.29, 0.717) is 30.3 Å². The lowest BCUT2D eigenvalue weighted by molar-refractivity contribution is -0.122. The van der Waals surface area contributed by atoms with Crippen molar-refractivity contribution in [1.82, 2.24) is 5.32 Å². The molecule has 0 unspecified atom stereocenters. The number of carbonyl (C=O) groups excluding carboxylic acids is 4. The number of halogens is 1. The van der Waals surface area contributed by atoms with Gasteiger partial charge in [-0.3, -0.25) is 19.7 Å². The number of ether oxygens (including phenoxy) is 4. The van der Waals surface area contributed by atoms with Crippen LogP contribution in [-0.4, -0.2) is 50.7 Å². The molecule has 1 fully saturated rings. The Morgan fingerprint density at radius 3 is 2.40 bits per heavy atom. The average Bonchev–Trinajstić information content (AvgIpc) is 2.99. The molecule has 224 valence electrons. The molecule has 11 nitrogen and oxygen atoms in total. The average molecular weight is 592 g/mol. The maximum atomic E-state index is 13.8. The first-order valence-corrected chi connectivity index (χ1v) is 13.4. The number of rotatable bonds is 12. The van der Waals surface area contributed by atoms with Crippen LogP contribution >= 0.6 is 0 Å². The molecule has 4 rings (SSSR count). The highest BCUT2D eigenvalue weighted by molar-refractivity contribution is 6.39. The van der Waals surface area contributed by atoms with E-state index < -0.39 is 36.2 Å². The molecule has 1 aliphatic heterocycles. The van der Waals surface area contributed by atoms with Crippen LogP contribution in [-0.2, 0) is 14.4 Å². The second kappa shape index (κ2) is 14.0. The van der Waals surface area contributed by atoms with Crippen molar-refractivity contribution < 1.29 is 42.5 Å². The summed E-state index contributed by atoms with van der Waals surface area (Å²) in [6.07, 6.45) is 2.08. The molecule has 2 N–H and O–H groups in total. The number of anilines is 2. The van der Waals surface area contributed by atoms with E-state index in [0.717, 1.165) is 11.3 Å². The summed E-state index contributed by atoms with van der Waals surface area (Å²) in [5.41, 5.74) is 0.279. The van der Waals surface area contributed by atoms with Crippen LogP contribution in [0.1, 0.15) is 25.8 Å². The number of methoxy groups -OCH3 is 1. The van der Waals surface area contributed by atoms with Crippen LogP contribution in [0, 0.1) is 5.82 Å². The van der Waals surface area contributed by atoms with E-state index in [2.05, 4.69) is 10.6 Å². The van der Waals surface area contributed by atoms with Gasteiger partial charge < -0.3 is 24.3 Å². The fourth-order valence-corrected chi connectivity index (χ4v) is 4.08. The van der Waals surface area contributed by atoms with Crippen molar-refractivity contribution in [2.45, 2.75) is 20.3 Å². The molecule has 3 aromatic carbocycles. The molecule has 3 aromatic rings. The highest BCUT2D eigenvalue weighted by Crippen LogP contribution is 2.34. The second-order valence-corrected chi connectivity index (χ2v) is 9.10. The number of nitrogens with zero attached hydrogens (tertiary/aromatic N) is 1. The molecule has 0 spiro atoms. The van der Waals surface area contributed by atoms with Gasteiger partial charge in [-0.1, -0.05) is 25.1 Å². The Morgan fingerprint density at radius 1 is 0.930 bits per heavy atom. The number of para-hydroxylation sites is 1. The van der Waals surface area contributed by atoms with Crippen LogP contribution in [0.3, 0.4) is 0 Å². The minimum atomic E-state index is -0.910. The van der Waals surface area contributed by atoms with Crippen LogP contribution in [0.15, 0.2) is 66.2 Å². The Labute approximate surface area is 247 Å². The lowest BCUT2D eigenvalue weighted by Gasteiger charge is -2.27. The molecule has 0 bridgehead atoms. The van der Waals surface area contributed by atoms with E-state index in [9.17, 15) is 23.6 Å². The van der Waals surface area contributed by atoms with Crippen molar-refractivity contribution in [2.24, 2.45) is 0 Å². The van der Waals surface area contributed by atoms with Crippen molar-refractivity contribution in [3.05, 3.63) is 77.6 Å². The third-order valence-electron chi connectivity index (χ3n) is 6.05. The van der Waals surface area contributed by atoms with E-state index >= 15 is 0 Å². The van der Waals surface area contributed by atoms with Gasteiger partial charge in [0.2, 0.25) is 0 Å². The van der Waals surface area contributed by atoms with Crippen molar-refractivity contribution in [1.29, 1.82) is 0 Å². The van der Waals surface area contributed by atoms with Crippen LogP contribution in [0.4, 0.5) is 20.6 Å². The third kappa shape index (κ3) is 7.28. The second-order valence-electron chi connectivity index (χ2n) is 9.10. The van der Waals surface area contributed by atoms with Gasteiger partial charge in [0.15, 0.2) is 29.6 Å². The van der Waals surface area contributed by atoms with Crippen molar-refractivity contribution in [3.63, 3.8) is 0 Å². The van der Waals surface area contributed by atoms with Crippen LogP contribution < -0.4 is 34.5 Å². The molecule has 0 saturated carbocycles. The quantitative estimate of drug-likeness (QED) is 0.229. The number of imide groups is 2. The summed E-state index contributed by atoms with van der Waals surface area (Å²) in [6, 6.07) is 13.9. The summed E-state index contributed by atoms with van der Waals surface area (Å²) < 4.78 is 36.0. The summed E-state index contributed by atoms with van der Waals surface area (Å²) in [5.74, 6) is -1.69. The number of benzene rings is 3. The first-order valence-electron chi connectivity index (χ1n) is 13.4. The Hall–Kier alpha value is -5.39. The number of nitrogens with one attached hydrogen (secondary N) is 2. The zero-order valence-electron chi connectivity index (χ0n) is 23.8. The molecule has 43 heavy (non-hydrogen) atoms. The molecular weight excluding hydrogens is 561 g/mol. The molecule has 5 amide bonds. The van der Waals surface area contributed by atoms with Crippen LogP contribution in [0.2, 0.25) is 0 Å². The number of barbiturate groups is 1. The molecular formula is C31H30FN3O8. The van der Waals surface area contributed by atoms with Crippen LogP contribution in [0.5, 0.6) is 23.0 Å². The van der Waals surface area contributed by atoms with Gasteiger partial charge in [0.1, 0.15) is 11.4 Å². The first kappa shape index (κ1) is 30.6.